The van der Waals surface area contributed by atoms with Crippen molar-refractivity contribution < 1.29 is 57.0 Å². The van der Waals surface area contributed by atoms with E-state index in [2.05, 4.69) is 4.74 Å². The zero-order chi connectivity index (χ0) is 15.3. The number of carbonyl (C=O) groups is 1. The van der Waals surface area contributed by atoms with Gasteiger partial charge >= 0.3 is 35.5 Å². The van der Waals surface area contributed by atoms with Crippen LogP contribution in [-0.2, 0) is 26.3 Å². The molecular formula is C10H11N2NaO7S. The van der Waals surface area contributed by atoms with Gasteiger partial charge in [-0.25, -0.2) is 8.42 Å². The second-order valence-corrected chi connectivity index (χ2v) is 5.30. The van der Waals surface area contributed by atoms with Crippen molar-refractivity contribution in [2.75, 3.05) is 6.54 Å². The molecular weight excluding hydrogens is 315 g/mol. The Morgan fingerprint density at radius 3 is 2.24 bits per heavy atom. The normalized spacial score (nSPS) is 12.1. The number of nitro benzene ring substituents is 1. The van der Waals surface area contributed by atoms with Crippen LogP contribution in [0.3, 0.4) is 0 Å². The molecule has 110 valence electrons. The van der Waals surface area contributed by atoms with Crippen LogP contribution in [-0.4, -0.2) is 35.7 Å². The first-order valence-corrected chi connectivity index (χ1v) is 6.77. The van der Waals surface area contributed by atoms with E-state index in [4.69, 9.17) is 5.73 Å². The Morgan fingerprint density at radius 1 is 1.33 bits per heavy atom. The van der Waals surface area contributed by atoms with E-state index >= 15 is 0 Å². The molecule has 2 N–H and O–H groups in total. The van der Waals surface area contributed by atoms with Crippen LogP contribution in [0.25, 0.3) is 0 Å². The number of non-ortho nitro benzene ring substituents is 1. The molecule has 0 aliphatic heterocycles. The monoisotopic (exact) mass is 326 g/mol. The molecule has 0 spiro atoms. The van der Waals surface area contributed by atoms with E-state index in [0.717, 1.165) is 0 Å². The number of ether oxygens (including phenoxy) is 1. The van der Waals surface area contributed by atoms with E-state index in [9.17, 15) is 27.9 Å². The maximum absolute atomic E-state index is 11.4. The molecule has 0 amide bonds. The molecule has 0 fully saturated rings. The number of nitro groups is 1. The summed E-state index contributed by atoms with van der Waals surface area (Å²) in [5.74, 6) is -1.25. The standard InChI is InChI=1S/C10H12N2O7S.Na/c11-5-9(20(16,17)18)10(13)19-6-7-1-3-8(4-2-7)12(14)15;/h1-4,9H,5-6,11H2,(H,16,17,18);/q;+1/p-1. The quantitative estimate of drug-likeness (QED) is 0.186. The summed E-state index contributed by atoms with van der Waals surface area (Å²) in [4.78, 5) is 21.2. The Morgan fingerprint density at radius 2 is 1.86 bits per heavy atom. The van der Waals surface area contributed by atoms with Gasteiger partial charge in [-0.2, -0.15) is 0 Å². The smallest absolute Gasteiger partial charge is 0.747 e. The van der Waals surface area contributed by atoms with Gasteiger partial charge in [0.2, 0.25) is 0 Å². The largest absolute Gasteiger partial charge is 1.00 e. The van der Waals surface area contributed by atoms with Gasteiger partial charge in [-0.3, -0.25) is 14.9 Å². The van der Waals surface area contributed by atoms with Crippen LogP contribution in [0.5, 0.6) is 0 Å². The minimum Gasteiger partial charge on any atom is -0.747 e. The Labute approximate surface area is 142 Å². The zero-order valence-corrected chi connectivity index (χ0v) is 13.9. The number of nitrogens with two attached hydrogens (primary N) is 1. The molecule has 1 atom stereocenters. The molecule has 1 aromatic rings. The van der Waals surface area contributed by atoms with Gasteiger partial charge in [0.05, 0.1) is 4.92 Å². The second kappa shape index (κ2) is 8.41. The number of hydrogen-bond acceptors (Lipinski definition) is 8. The van der Waals surface area contributed by atoms with Gasteiger partial charge in [-0.15, -0.1) is 0 Å². The molecule has 9 nitrogen and oxygen atoms in total. The molecule has 21 heavy (non-hydrogen) atoms. The fourth-order valence-corrected chi connectivity index (χ4v) is 1.83. The van der Waals surface area contributed by atoms with E-state index in [0.29, 0.717) is 5.56 Å². The van der Waals surface area contributed by atoms with Crippen LogP contribution in [0, 0.1) is 10.1 Å². The summed E-state index contributed by atoms with van der Waals surface area (Å²) in [5.41, 5.74) is 5.30. The third-order valence-electron chi connectivity index (χ3n) is 2.35. The van der Waals surface area contributed by atoms with Crippen molar-refractivity contribution in [3.8, 4) is 0 Å². The molecule has 1 unspecified atom stereocenters. The summed E-state index contributed by atoms with van der Waals surface area (Å²) in [7, 11) is -4.88. The molecule has 0 aliphatic carbocycles. The molecule has 0 aliphatic rings. The molecule has 0 bridgehead atoms. The number of rotatable bonds is 6. The molecule has 1 rings (SSSR count). The van der Waals surface area contributed by atoms with Crippen LogP contribution in [0.1, 0.15) is 5.56 Å². The molecule has 0 saturated heterocycles. The predicted molar refractivity (Wildman–Crippen MR) is 65.4 cm³/mol. The minimum absolute atomic E-state index is 0. The van der Waals surface area contributed by atoms with Crippen molar-refractivity contribution in [2.24, 2.45) is 5.73 Å². The maximum Gasteiger partial charge on any atom is 1.00 e. The Kier molecular flexibility index (Phi) is 8.00. The van der Waals surface area contributed by atoms with Crippen molar-refractivity contribution in [3.05, 3.63) is 39.9 Å². The predicted octanol–water partition coefficient (Wildman–Crippen LogP) is -3.49. The Bertz CT molecular complexity index is 602. The summed E-state index contributed by atoms with van der Waals surface area (Å²) in [6.07, 6.45) is 0. The van der Waals surface area contributed by atoms with E-state index in [1.165, 1.54) is 24.3 Å². The molecule has 0 saturated carbocycles. The van der Waals surface area contributed by atoms with Crippen molar-refractivity contribution in [1.29, 1.82) is 0 Å². The van der Waals surface area contributed by atoms with Gasteiger partial charge in [0.25, 0.3) is 5.69 Å². The summed E-state index contributed by atoms with van der Waals surface area (Å²) < 4.78 is 36.8. The van der Waals surface area contributed by atoms with Crippen LogP contribution in [0.15, 0.2) is 24.3 Å². The molecule has 0 radical (unpaired) electrons. The fraction of sp³-hybridized carbons (Fsp3) is 0.300. The first-order valence-electron chi connectivity index (χ1n) is 5.30. The summed E-state index contributed by atoms with van der Waals surface area (Å²) in [5, 5.41) is 8.46. The van der Waals surface area contributed by atoms with E-state index < -0.39 is 32.8 Å². The summed E-state index contributed by atoms with van der Waals surface area (Å²) in [6.45, 7) is -0.992. The molecule has 11 heteroatoms. The number of carbonyl (C=O) groups excluding carboxylic acids is 1. The Balaban J connectivity index is 0.00000400. The van der Waals surface area contributed by atoms with Crippen molar-refractivity contribution in [1.82, 2.24) is 0 Å². The van der Waals surface area contributed by atoms with Gasteiger partial charge in [0.1, 0.15) is 16.7 Å². The Hall–Kier alpha value is -1.04. The SMILES string of the molecule is NCC(C(=O)OCc1ccc([N+](=O)[O-])cc1)S(=O)(=O)[O-].[Na+]. The first kappa shape index (κ1) is 20.0. The number of nitrogens with zero attached hydrogens (tertiary/aromatic N) is 1. The summed E-state index contributed by atoms with van der Waals surface area (Å²) >= 11 is 0. The molecule has 1 aromatic carbocycles. The number of esters is 1. The third-order valence-corrected chi connectivity index (χ3v) is 3.44. The van der Waals surface area contributed by atoms with Crippen LogP contribution < -0.4 is 35.3 Å². The third kappa shape index (κ3) is 6.08. The topological polar surface area (TPSA) is 153 Å². The zero-order valence-electron chi connectivity index (χ0n) is 11.1. The average Bonchev–Trinajstić information content (AvgIpc) is 2.36. The van der Waals surface area contributed by atoms with Gasteiger partial charge < -0.3 is 15.0 Å². The first-order chi connectivity index (χ1) is 9.25. The average molecular weight is 326 g/mol. The minimum atomic E-state index is -4.88. The second-order valence-electron chi connectivity index (χ2n) is 3.75. The van der Waals surface area contributed by atoms with Crippen LogP contribution in [0.2, 0.25) is 0 Å². The van der Waals surface area contributed by atoms with Crippen LogP contribution >= 0.6 is 0 Å². The summed E-state index contributed by atoms with van der Waals surface area (Å²) in [6, 6.07) is 5.09. The van der Waals surface area contributed by atoms with Crippen molar-refractivity contribution >= 4 is 21.8 Å². The van der Waals surface area contributed by atoms with Gasteiger partial charge in [0.15, 0.2) is 5.25 Å². The van der Waals surface area contributed by atoms with Crippen LogP contribution in [0.4, 0.5) is 5.69 Å². The van der Waals surface area contributed by atoms with Gasteiger partial charge in [0, 0.05) is 18.7 Å². The van der Waals surface area contributed by atoms with E-state index in [-0.39, 0.29) is 41.9 Å². The number of benzene rings is 1. The van der Waals surface area contributed by atoms with Gasteiger partial charge in [-0.1, -0.05) is 0 Å². The van der Waals surface area contributed by atoms with E-state index in [1.807, 2.05) is 0 Å². The molecule has 0 heterocycles. The van der Waals surface area contributed by atoms with Crippen molar-refractivity contribution in [2.45, 2.75) is 11.9 Å². The number of hydrogen-bond donors (Lipinski definition) is 1. The fourth-order valence-electron chi connectivity index (χ4n) is 1.29. The molecule has 0 aromatic heterocycles. The van der Waals surface area contributed by atoms with E-state index in [1.54, 1.807) is 0 Å². The maximum atomic E-state index is 11.4. The van der Waals surface area contributed by atoms with Crippen molar-refractivity contribution in [3.63, 3.8) is 0 Å². The van der Waals surface area contributed by atoms with Gasteiger partial charge in [-0.05, 0) is 17.7 Å².